The zero-order chi connectivity index (χ0) is 13.1. The number of benzene rings is 1. The molecule has 0 saturated heterocycles. The van der Waals surface area contributed by atoms with E-state index in [1.165, 1.54) is 6.92 Å². The van der Waals surface area contributed by atoms with E-state index in [2.05, 4.69) is 5.32 Å². The molecule has 0 heterocycles. The number of nitrogens with zero attached hydrogens (tertiary/aromatic N) is 1. The first kappa shape index (κ1) is 13.0. The van der Waals surface area contributed by atoms with Gasteiger partial charge in [0.1, 0.15) is 6.04 Å². The fourth-order valence-electron chi connectivity index (χ4n) is 1.12. The first-order valence-corrected chi connectivity index (χ1v) is 4.72. The molecular formula is C11H9F3N2O. The number of hydrogen-bond acceptors (Lipinski definition) is 2. The lowest BCUT2D eigenvalue weighted by Gasteiger charge is -2.09. The molecule has 0 fully saturated rings. The molecule has 90 valence electrons. The van der Waals surface area contributed by atoms with Crippen LogP contribution in [0.15, 0.2) is 24.3 Å². The van der Waals surface area contributed by atoms with Crippen molar-refractivity contribution in [3.05, 3.63) is 35.4 Å². The molecular weight excluding hydrogens is 233 g/mol. The van der Waals surface area contributed by atoms with Gasteiger partial charge in [-0.15, -0.1) is 0 Å². The van der Waals surface area contributed by atoms with Crippen LogP contribution in [0, 0.1) is 11.3 Å². The van der Waals surface area contributed by atoms with Crippen LogP contribution in [0.3, 0.4) is 0 Å². The molecule has 0 aromatic heterocycles. The molecule has 0 spiro atoms. The molecule has 1 unspecified atom stereocenters. The molecule has 0 saturated carbocycles. The van der Waals surface area contributed by atoms with Crippen molar-refractivity contribution < 1.29 is 18.0 Å². The highest BCUT2D eigenvalue weighted by Gasteiger charge is 2.30. The summed E-state index contributed by atoms with van der Waals surface area (Å²) < 4.78 is 36.7. The lowest BCUT2D eigenvalue weighted by atomic mass is 10.1. The second-order valence-electron chi connectivity index (χ2n) is 3.40. The maximum Gasteiger partial charge on any atom is 0.416 e. The maximum absolute atomic E-state index is 12.2. The molecule has 0 aliphatic rings. The Morgan fingerprint density at radius 2 is 1.88 bits per heavy atom. The van der Waals surface area contributed by atoms with Gasteiger partial charge in [-0.25, -0.2) is 0 Å². The molecule has 0 bridgehead atoms. The average Bonchev–Trinajstić information content (AvgIpc) is 2.27. The van der Waals surface area contributed by atoms with Crippen LogP contribution in [0.25, 0.3) is 0 Å². The van der Waals surface area contributed by atoms with Gasteiger partial charge >= 0.3 is 6.18 Å². The van der Waals surface area contributed by atoms with Crippen molar-refractivity contribution in [3.63, 3.8) is 0 Å². The maximum atomic E-state index is 12.2. The minimum Gasteiger partial charge on any atom is -0.337 e. The molecule has 17 heavy (non-hydrogen) atoms. The normalized spacial score (nSPS) is 12.6. The Bertz CT molecular complexity index is 445. The summed E-state index contributed by atoms with van der Waals surface area (Å²) in [6.45, 7) is 1.47. The highest BCUT2D eigenvalue weighted by atomic mass is 19.4. The van der Waals surface area contributed by atoms with Crippen LogP contribution in [0.5, 0.6) is 0 Å². The predicted octanol–water partition coefficient (Wildman–Crippen LogP) is 2.35. The number of nitriles is 1. The van der Waals surface area contributed by atoms with Crippen LogP contribution in [-0.4, -0.2) is 11.9 Å². The SMILES string of the molecule is CC(C#N)NC(=O)c1ccc(C(F)(F)F)cc1. The number of alkyl halides is 3. The molecule has 1 N–H and O–H groups in total. The van der Waals surface area contributed by atoms with Crippen LogP contribution in [0.4, 0.5) is 13.2 Å². The summed E-state index contributed by atoms with van der Waals surface area (Å²) in [5.41, 5.74) is -0.734. The van der Waals surface area contributed by atoms with Crippen molar-refractivity contribution >= 4 is 5.91 Å². The molecule has 1 aromatic carbocycles. The van der Waals surface area contributed by atoms with Crippen LogP contribution in [0.1, 0.15) is 22.8 Å². The first-order valence-electron chi connectivity index (χ1n) is 4.72. The summed E-state index contributed by atoms with van der Waals surface area (Å²) in [4.78, 5) is 11.4. The highest BCUT2D eigenvalue weighted by molar-refractivity contribution is 5.94. The summed E-state index contributed by atoms with van der Waals surface area (Å²) in [5, 5.41) is 10.8. The third-order valence-electron chi connectivity index (χ3n) is 2.02. The van der Waals surface area contributed by atoms with Gasteiger partial charge in [0.25, 0.3) is 5.91 Å². The van der Waals surface area contributed by atoms with Crippen LogP contribution < -0.4 is 5.32 Å². The number of hydrogen-bond donors (Lipinski definition) is 1. The predicted molar refractivity (Wildman–Crippen MR) is 54.0 cm³/mol. The van der Waals surface area contributed by atoms with E-state index < -0.39 is 23.7 Å². The van der Waals surface area contributed by atoms with Crippen molar-refractivity contribution in [2.75, 3.05) is 0 Å². The van der Waals surface area contributed by atoms with E-state index in [0.29, 0.717) is 0 Å². The third-order valence-corrected chi connectivity index (χ3v) is 2.02. The highest BCUT2D eigenvalue weighted by Crippen LogP contribution is 2.28. The summed E-state index contributed by atoms with van der Waals surface area (Å²) in [6, 6.07) is 4.89. The molecule has 0 aliphatic heterocycles. The van der Waals surface area contributed by atoms with E-state index in [1.54, 1.807) is 6.07 Å². The molecule has 1 rings (SSSR count). The second-order valence-corrected chi connectivity index (χ2v) is 3.40. The standard InChI is InChI=1S/C11H9F3N2O/c1-7(6-15)16-10(17)8-2-4-9(5-3-8)11(12,13)14/h2-5,7H,1H3,(H,16,17). The number of nitrogens with one attached hydrogen (secondary N) is 1. The lowest BCUT2D eigenvalue weighted by Crippen LogP contribution is -2.31. The van der Waals surface area contributed by atoms with Gasteiger partial charge in [-0.05, 0) is 31.2 Å². The van der Waals surface area contributed by atoms with Crippen molar-refractivity contribution in [1.82, 2.24) is 5.32 Å². The Hall–Kier alpha value is -2.03. The molecule has 1 atom stereocenters. The largest absolute Gasteiger partial charge is 0.416 e. The van der Waals surface area contributed by atoms with Gasteiger partial charge in [-0.2, -0.15) is 18.4 Å². The Kier molecular flexibility index (Phi) is 3.73. The Morgan fingerprint density at radius 1 is 1.35 bits per heavy atom. The minimum atomic E-state index is -4.42. The molecule has 6 heteroatoms. The van der Waals surface area contributed by atoms with Crippen molar-refractivity contribution in [2.45, 2.75) is 19.1 Å². The fourth-order valence-corrected chi connectivity index (χ4v) is 1.12. The molecule has 3 nitrogen and oxygen atoms in total. The van der Waals surface area contributed by atoms with Crippen molar-refractivity contribution in [1.29, 1.82) is 5.26 Å². The van der Waals surface area contributed by atoms with E-state index >= 15 is 0 Å². The van der Waals surface area contributed by atoms with Gasteiger partial charge in [-0.3, -0.25) is 4.79 Å². The number of rotatable bonds is 2. The Balaban J connectivity index is 2.82. The zero-order valence-corrected chi connectivity index (χ0v) is 8.88. The van der Waals surface area contributed by atoms with Gasteiger partial charge in [-0.1, -0.05) is 0 Å². The summed E-state index contributed by atoms with van der Waals surface area (Å²) in [6.07, 6.45) is -4.42. The van der Waals surface area contributed by atoms with Gasteiger partial charge in [0.15, 0.2) is 0 Å². The molecule has 0 radical (unpaired) electrons. The Morgan fingerprint density at radius 3 is 2.29 bits per heavy atom. The topological polar surface area (TPSA) is 52.9 Å². The molecule has 0 aliphatic carbocycles. The lowest BCUT2D eigenvalue weighted by molar-refractivity contribution is -0.137. The number of carbonyl (C=O) groups is 1. The van der Waals surface area contributed by atoms with Gasteiger partial charge in [0.2, 0.25) is 0 Å². The summed E-state index contributed by atoms with van der Waals surface area (Å²) in [5.74, 6) is -0.576. The van der Waals surface area contributed by atoms with Crippen LogP contribution >= 0.6 is 0 Å². The smallest absolute Gasteiger partial charge is 0.337 e. The zero-order valence-electron chi connectivity index (χ0n) is 8.88. The van der Waals surface area contributed by atoms with Crippen molar-refractivity contribution in [2.24, 2.45) is 0 Å². The second kappa shape index (κ2) is 4.87. The van der Waals surface area contributed by atoms with E-state index in [9.17, 15) is 18.0 Å². The average molecular weight is 242 g/mol. The van der Waals surface area contributed by atoms with Crippen LogP contribution in [-0.2, 0) is 6.18 Å². The minimum absolute atomic E-state index is 0.0834. The van der Waals surface area contributed by atoms with E-state index in [4.69, 9.17) is 5.26 Å². The fraction of sp³-hybridized carbons (Fsp3) is 0.273. The van der Waals surface area contributed by atoms with Gasteiger partial charge in [0, 0.05) is 5.56 Å². The van der Waals surface area contributed by atoms with E-state index in [0.717, 1.165) is 24.3 Å². The van der Waals surface area contributed by atoms with E-state index in [-0.39, 0.29) is 5.56 Å². The first-order chi connectivity index (χ1) is 7.84. The van der Waals surface area contributed by atoms with Gasteiger partial charge in [0.05, 0.1) is 11.6 Å². The molecule has 1 amide bonds. The quantitative estimate of drug-likeness (QED) is 0.865. The van der Waals surface area contributed by atoms with Crippen LogP contribution in [0.2, 0.25) is 0 Å². The third kappa shape index (κ3) is 3.48. The van der Waals surface area contributed by atoms with E-state index in [1.807, 2.05) is 0 Å². The van der Waals surface area contributed by atoms with Crippen molar-refractivity contribution in [3.8, 4) is 6.07 Å². The molecule has 1 aromatic rings. The number of halogens is 3. The summed E-state index contributed by atoms with van der Waals surface area (Å²) in [7, 11) is 0. The summed E-state index contributed by atoms with van der Waals surface area (Å²) >= 11 is 0. The number of amides is 1. The number of carbonyl (C=O) groups excluding carboxylic acids is 1. The monoisotopic (exact) mass is 242 g/mol. The van der Waals surface area contributed by atoms with Gasteiger partial charge < -0.3 is 5.32 Å². The Labute approximate surface area is 95.9 Å².